The van der Waals surface area contributed by atoms with E-state index in [9.17, 15) is 13.5 Å². The normalized spacial score (nSPS) is 12.9. The fraction of sp³-hybridized carbons (Fsp3) is 0.0952. The number of nitrogens with zero attached hydrogens (tertiary/aromatic N) is 1. The van der Waals surface area contributed by atoms with Crippen molar-refractivity contribution in [2.75, 3.05) is 6.54 Å². The van der Waals surface area contributed by atoms with Gasteiger partial charge < -0.3 is 10.1 Å². The average molecular weight is 393 g/mol. The van der Waals surface area contributed by atoms with Crippen LogP contribution in [0.5, 0.6) is 0 Å². The van der Waals surface area contributed by atoms with Crippen LogP contribution in [0.15, 0.2) is 84.0 Å². The van der Waals surface area contributed by atoms with Crippen molar-refractivity contribution in [2.45, 2.75) is 11.0 Å². The molecule has 3 N–H and O–H groups in total. The molecule has 0 aliphatic carbocycles. The van der Waals surface area contributed by atoms with Gasteiger partial charge in [0.15, 0.2) is 0 Å². The molecule has 2 aromatic carbocycles. The standard InChI is InChI=1S/C21H19N3O3S/c25-20(16-4-2-1-3-5-16)14-24-28(26,27)17-8-6-15(7-9-17)18-10-12-22-21-19(18)11-13-23-21/h1-13,20,24-25H,14H2,(H,22,23)/t20-/m1/s1. The Kier molecular flexibility index (Phi) is 4.95. The summed E-state index contributed by atoms with van der Waals surface area (Å²) in [4.78, 5) is 7.48. The number of aromatic nitrogens is 2. The lowest BCUT2D eigenvalue weighted by atomic mass is 10.0. The molecule has 0 amide bonds. The van der Waals surface area contributed by atoms with E-state index in [1.165, 1.54) is 0 Å². The maximum atomic E-state index is 12.5. The highest BCUT2D eigenvalue weighted by atomic mass is 32.2. The summed E-state index contributed by atoms with van der Waals surface area (Å²) in [7, 11) is -3.72. The number of pyridine rings is 1. The first-order valence-corrected chi connectivity index (χ1v) is 10.3. The molecule has 0 bridgehead atoms. The lowest BCUT2D eigenvalue weighted by molar-refractivity contribution is 0.182. The van der Waals surface area contributed by atoms with Gasteiger partial charge in [0.1, 0.15) is 5.65 Å². The van der Waals surface area contributed by atoms with Gasteiger partial charge in [-0.2, -0.15) is 0 Å². The SMILES string of the molecule is O=S(=O)(NC[C@@H](O)c1ccccc1)c1ccc(-c2ccnc3[nH]ccc23)cc1. The number of nitrogens with one attached hydrogen (secondary N) is 2. The van der Waals surface area contributed by atoms with Gasteiger partial charge in [-0.05, 0) is 41.0 Å². The second-order valence-corrected chi connectivity index (χ2v) is 8.17. The number of aliphatic hydroxyl groups is 1. The first-order chi connectivity index (χ1) is 13.5. The Morgan fingerprint density at radius 3 is 2.50 bits per heavy atom. The minimum absolute atomic E-state index is 0.0948. The fourth-order valence-electron chi connectivity index (χ4n) is 3.09. The van der Waals surface area contributed by atoms with Crippen molar-refractivity contribution in [3.8, 4) is 11.1 Å². The van der Waals surface area contributed by atoms with Crippen LogP contribution >= 0.6 is 0 Å². The third-order valence-corrected chi connectivity index (χ3v) is 6.03. The van der Waals surface area contributed by atoms with Crippen molar-refractivity contribution < 1.29 is 13.5 Å². The number of fused-ring (bicyclic) bond motifs is 1. The van der Waals surface area contributed by atoms with E-state index in [1.54, 1.807) is 54.7 Å². The largest absolute Gasteiger partial charge is 0.387 e. The van der Waals surface area contributed by atoms with Crippen LogP contribution < -0.4 is 4.72 Å². The van der Waals surface area contributed by atoms with Crippen LogP contribution in [0.3, 0.4) is 0 Å². The first-order valence-electron chi connectivity index (χ1n) is 8.80. The Hall–Kier alpha value is -3.00. The minimum Gasteiger partial charge on any atom is -0.387 e. The Balaban J connectivity index is 1.52. The lowest BCUT2D eigenvalue weighted by Gasteiger charge is -2.13. The Morgan fingerprint density at radius 2 is 1.75 bits per heavy atom. The van der Waals surface area contributed by atoms with E-state index in [0.29, 0.717) is 5.56 Å². The van der Waals surface area contributed by atoms with E-state index in [4.69, 9.17) is 0 Å². The smallest absolute Gasteiger partial charge is 0.240 e. The molecule has 4 rings (SSSR count). The predicted octanol–water partition coefficient (Wildman–Crippen LogP) is 3.24. The topological polar surface area (TPSA) is 95.1 Å². The summed E-state index contributed by atoms with van der Waals surface area (Å²) >= 11 is 0. The molecule has 1 atom stereocenters. The summed E-state index contributed by atoms with van der Waals surface area (Å²) < 4.78 is 27.6. The first kappa shape index (κ1) is 18.4. The molecule has 0 fully saturated rings. The third-order valence-electron chi connectivity index (χ3n) is 4.59. The van der Waals surface area contributed by atoms with Crippen molar-refractivity contribution in [3.63, 3.8) is 0 Å². The summed E-state index contributed by atoms with van der Waals surface area (Å²) in [5.41, 5.74) is 3.32. The van der Waals surface area contributed by atoms with E-state index in [0.717, 1.165) is 22.2 Å². The quantitative estimate of drug-likeness (QED) is 0.469. The molecule has 142 valence electrons. The number of H-pyrrole nitrogens is 1. The van der Waals surface area contributed by atoms with E-state index in [-0.39, 0.29) is 11.4 Å². The minimum atomic E-state index is -3.72. The maximum absolute atomic E-state index is 12.5. The molecule has 7 heteroatoms. The fourth-order valence-corrected chi connectivity index (χ4v) is 4.13. The Labute approximate surface area is 162 Å². The van der Waals surface area contributed by atoms with Crippen LogP contribution in [0, 0.1) is 0 Å². The Bertz CT molecular complexity index is 1190. The summed E-state index contributed by atoms with van der Waals surface area (Å²) in [5, 5.41) is 11.1. The van der Waals surface area contributed by atoms with Gasteiger partial charge in [-0.1, -0.05) is 42.5 Å². The summed E-state index contributed by atoms with van der Waals surface area (Å²) in [6.45, 7) is -0.0948. The van der Waals surface area contributed by atoms with E-state index in [1.807, 2.05) is 24.4 Å². The number of hydrogen-bond donors (Lipinski definition) is 3. The molecule has 0 unspecified atom stereocenters. The van der Waals surface area contributed by atoms with E-state index >= 15 is 0 Å². The monoisotopic (exact) mass is 393 g/mol. The molecule has 0 saturated heterocycles. The van der Waals surface area contributed by atoms with Gasteiger partial charge in [-0.3, -0.25) is 0 Å². The summed E-state index contributed by atoms with van der Waals surface area (Å²) in [6, 6.07) is 19.4. The van der Waals surface area contributed by atoms with Crippen LogP contribution in [0.4, 0.5) is 0 Å². The third kappa shape index (κ3) is 3.68. The molecule has 6 nitrogen and oxygen atoms in total. The number of aromatic amines is 1. The predicted molar refractivity (Wildman–Crippen MR) is 108 cm³/mol. The highest BCUT2D eigenvalue weighted by molar-refractivity contribution is 7.89. The molecule has 28 heavy (non-hydrogen) atoms. The number of benzene rings is 2. The van der Waals surface area contributed by atoms with Crippen LogP contribution in [-0.2, 0) is 10.0 Å². The number of sulfonamides is 1. The molecule has 0 aliphatic heterocycles. The summed E-state index contributed by atoms with van der Waals surface area (Å²) in [5.74, 6) is 0. The van der Waals surface area contributed by atoms with Crippen molar-refractivity contribution in [1.29, 1.82) is 0 Å². The molecular weight excluding hydrogens is 374 g/mol. The second kappa shape index (κ2) is 7.55. The number of aliphatic hydroxyl groups excluding tert-OH is 1. The Morgan fingerprint density at radius 1 is 1.00 bits per heavy atom. The number of hydrogen-bond acceptors (Lipinski definition) is 4. The van der Waals surface area contributed by atoms with Crippen LogP contribution in [0.25, 0.3) is 22.2 Å². The van der Waals surface area contributed by atoms with E-state index < -0.39 is 16.1 Å². The van der Waals surface area contributed by atoms with Gasteiger partial charge in [0.2, 0.25) is 10.0 Å². The molecule has 0 saturated carbocycles. The second-order valence-electron chi connectivity index (χ2n) is 6.40. The van der Waals surface area contributed by atoms with Gasteiger partial charge >= 0.3 is 0 Å². The highest BCUT2D eigenvalue weighted by Gasteiger charge is 2.17. The summed E-state index contributed by atoms with van der Waals surface area (Å²) in [6.07, 6.45) is 2.63. The molecule has 0 aliphatic rings. The highest BCUT2D eigenvalue weighted by Crippen LogP contribution is 2.27. The molecule has 4 aromatic rings. The molecule has 2 aromatic heterocycles. The van der Waals surface area contributed by atoms with Crippen molar-refractivity contribution >= 4 is 21.1 Å². The molecule has 0 spiro atoms. The van der Waals surface area contributed by atoms with Crippen LogP contribution in [-0.4, -0.2) is 30.0 Å². The van der Waals surface area contributed by atoms with Gasteiger partial charge in [0.25, 0.3) is 0 Å². The van der Waals surface area contributed by atoms with Crippen LogP contribution in [0.1, 0.15) is 11.7 Å². The molecule has 0 radical (unpaired) electrons. The van der Waals surface area contributed by atoms with Crippen molar-refractivity contribution in [1.82, 2.24) is 14.7 Å². The van der Waals surface area contributed by atoms with E-state index in [2.05, 4.69) is 14.7 Å². The zero-order chi connectivity index (χ0) is 19.6. The molecular formula is C21H19N3O3S. The average Bonchev–Trinajstić information content (AvgIpc) is 3.22. The van der Waals surface area contributed by atoms with Gasteiger partial charge in [-0.15, -0.1) is 0 Å². The lowest BCUT2D eigenvalue weighted by Crippen LogP contribution is -2.28. The maximum Gasteiger partial charge on any atom is 0.240 e. The van der Waals surface area contributed by atoms with Gasteiger partial charge in [0, 0.05) is 24.3 Å². The van der Waals surface area contributed by atoms with Crippen molar-refractivity contribution in [2.24, 2.45) is 0 Å². The molecule has 2 heterocycles. The van der Waals surface area contributed by atoms with Gasteiger partial charge in [-0.25, -0.2) is 18.1 Å². The number of rotatable bonds is 6. The van der Waals surface area contributed by atoms with Crippen LogP contribution in [0.2, 0.25) is 0 Å². The van der Waals surface area contributed by atoms with Gasteiger partial charge in [0.05, 0.1) is 11.0 Å². The van der Waals surface area contributed by atoms with Crippen molar-refractivity contribution in [3.05, 3.63) is 84.7 Å². The zero-order valence-electron chi connectivity index (χ0n) is 14.9. The zero-order valence-corrected chi connectivity index (χ0v) is 15.7.